The normalized spacial score (nSPS) is 10.4. The SMILES string of the molecule is CC(C)C(=O)OCc1ccc(NC(=O)CNC(=O)C(NC(=O)CNC=O)C(C)C)cc1.CCC(=O)O.CCCNC(N)=O.CCCOCCC(=O)C(C)C. The number of hydrogen-bond acceptors (Lipinski definition) is 10. The van der Waals surface area contributed by atoms with Crippen LogP contribution in [0.5, 0.6) is 0 Å². The number of benzene rings is 1. The number of primary amides is 1. The van der Waals surface area contributed by atoms with Crippen LogP contribution in [0.4, 0.5) is 10.5 Å². The van der Waals surface area contributed by atoms with Crippen molar-refractivity contribution >= 4 is 53.6 Å². The van der Waals surface area contributed by atoms with E-state index in [-0.39, 0.29) is 49.8 Å². The summed E-state index contributed by atoms with van der Waals surface area (Å²) in [6.45, 7) is 18.1. The summed E-state index contributed by atoms with van der Waals surface area (Å²) in [5.74, 6) is -2.47. The maximum Gasteiger partial charge on any atom is 0.312 e. The van der Waals surface area contributed by atoms with Gasteiger partial charge in [-0.15, -0.1) is 0 Å². The van der Waals surface area contributed by atoms with E-state index in [1.54, 1.807) is 58.9 Å². The minimum Gasteiger partial charge on any atom is -0.481 e. The molecule has 17 nitrogen and oxygen atoms in total. The first-order valence-corrected chi connectivity index (χ1v) is 18.0. The molecule has 0 heterocycles. The first kappa shape index (κ1) is 53.3. The van der Waals surface area contributed by atoms with Crippen molar-refractivity contribution in [3.63, 3.8) is 0 Å². The molecule has 0 aliphatic rings. The minimum absolute atomic E-state index is 0.145. The standard InChI is InChI=1S/C21H30N4O6.C9H18O2.C4H10N2O.C3H6O2/c1-13(2)19(25-17(27)9-22-12-26)20(29)23-10-18(28)24-16-7-5-15(6-8-16)11-31-21(30)14(3)4;1-4-6-11-7-5-9(10)8(2)3;1-2-3-6-4(5)7;1-2-3(4)5/h5-8,12-14,19H,9-11H2,1-4H3,(H,22,26)(H,23,29)(H,24,28)(H,25,27);8H,4-7H2,1-3H3;2-3H2,1H3,(H3,5,6,7);2H2,1H3,(H,4,5). The molecule has 0 spiro atoms. The summed E-state index contributed by atoms with van der Waals surface area (Å²) in [6.07, 6.45) is 3.13. The highest BCUT2D eigenvalue weighted by atomic mass is 16.5. The summed E-state index contributed by atoms with van der Waals surface area (Å²) < 4.78 is 10.3. The molecule has 1 aromatic carbocycles. The van der Waals surface area contributed by atoms with Crippen molar-refractivity contribution in [2.24, 2.45) is 23.5 Å². The molecule has 0 saturated carbocycles. The molecular formula is C37H64N6O11. The van der Waals surface area contributed by atoms with E-state index in [1.807, 2.05) is 20.8 Å². The number of aliphatic carboxylic acids is 1. The Labute approximate surface area is 319 Å². The van der Waals surface area contributed by atoms with Crippen LogP contribution in [0.3, 0.4) is 0 Å². The summed E-state index contributed by atoms with van der Waals surface area (Å²) >= 11 is 0. The molecule has 0 aliphatic carbocycles. The number of carbonyl (C=O) groups is 8. The molecule has 0 aromatic heterocycles. The summed E-state index contributed by atoms with van der Waals surface area (Å²) in [5, 5.41) is 20.0. The number of esters is 1. The Morgan fingerprint density at radius 2 is 1.41 bits per heavy atom. The molecule has 0 saturated heterocycles. The van der Waals surface area contributed by atoms with Crippen LogP contribution in [0.15, 0.2) is 24.3 Å². The summed E-state index contributed by atoms with van der Waals surface area (Å²) in [5.41, 5.74) is 6.03. The van der Waals surface area contributed by atoms with E-state index in [9.17, 15) is 38.4 Å². The number of ketones is 1. The summed E-state index contributed by atoms with van der Waals surface area (Å²) in [4.78, 5) is 88.2. The lowest BCUT2D eigenvalue weighted by atomic mass is 10.0. The molecule has 0 fully saturated rings. The smallest absolute Gasteiger partial charge is 0.312 e. The van der Waals surface area contributed by atoms with Crippen LogP contribution >= 0.6 is 0 Å². The van der Waals surface area contributed by atoms with Crippen LogP contribution in [0.2, 0.25) is 0 Å². The molecule has 17 heteroatoms. The van der Waals surface area contributed by atoms with Crippen molar-refractivity contribution in [1.82, 2.24) is 21.3 Å². The third-order valence-corrected chi connectivity index (χ3v) is 6.46. The number of nitrogens with one attached hydrogen (secondary N) is 5. The second-order valence-corrected chi connectivity index (χ2v) is 12.5. The molecule has 1 atom stereocenters. The van der Waals surface area contributed by atoms with Crippen molar-refractivity contribution < 1.29 is 52.9 Å². The molecule has 0 aliphatic heterocycles. The van der Waals surface area contributed by atoms with Gasteiger partial charge in [0.1, 0.15) is 18.4 Å². The van der Waals surface area contributed by atoms with Gasteiger partial charge in [0, 0.05) is 37.6 Å². The van der Waals surface area contributed by atoms with Crippen LogP contribution in [0, 0.1) is 17.8 Å². The van der Waals surface area contributed by atoms with Crippen molar-refractivity contribution in [3.8, 4) is 0 Å². The van der Waals surface area contributed by atoms with Gasteiger partial charge in [0.15, 0.2) is 0 Å². The monoisotopic (exact) mass is 768 g/mol. The van der Waals surface area contributed by atoms with Gasteiger partial charge >= 0.3 is 18.0 Å². The van der Waals surface area contributed by atoms with Gasteiger partial charge in [-0.25, -0.2) is 4.79 Å². The second kappa shape index (κ2) is 33.8. The lowest BCUT2D eigenvalue weighted by Gasteiger charge is -2.21. The maximum atomic E-state index is 12.3. The highest BCUT2D eigenvalue weighted by Gasteiger charge is 2.24. The van der Waals surface area contributed by atoms with Crippen molar-refractivity contribution in [1.29, 1.82) is 0 Å². The Morgan fingerprint density at radius 3 is 1.83 bits per heavy atom. The van der Waals surface area contributed by atoms with Crippen molar-refractivity contribution in [3.05, 3.63) is 29.8 Å². The Morgan fingerprint density at radius 1 is 0.815 bits per heavy atom. The largest absolute Gasteiger partial charge is 0.481 e. The fourth-order valence-electron chi connectivity index (χ4n) is 3.34. The van der Waals surface area contributed by atoms with Crippen LogP contribution in [0.1, 0.15) is 93.6 Å². The Bertz CT molecular complexity index is 1260. The average Bonchev–Trinajstić information content (AvgIpc) is 3.12. The molecular weight excluding hydrogens is 704 g/mol. The molecule has 54 heavy (non-hydrogen) atoms. The molecule has 0 radical (unpaired) electrons. The molecule has 1 rings (SSSR count). The topological polar surface area (TPSA) is 261 Å². The molecule has 1 aromatic rings. The number of urea groups is 1. The average molecular weight is 769 g/mol. The van der Waals surface area contributed by atoms with Gasteiger partial charge in [0.05, 0.1) is 25.6 Å². The molecule has 308 valence electrons. The fourth-order valence-corrected chi connectivity index (χ4v) is 3.34. The van der Waals surface area contributed by atoms with Gasteiger partial charge < -0.3 is 46.9 Å². The predicted molar refractivity (Wildman–Crippen MR) is 205 cm³/mol. The van der Waals surface area contributed by atoms with E-state index in [0.717, 1.165) is 25.0 Å². The number of Topliss-reactive ketones (excluding diaryl/α,β-unsaturated/α-hetero) is 1. The number of hydrogen-bond donors (Lipinski definition) is 7. The van der Waals surface area contributed by atoms with E-state index < -0.39 is 35.8 Å². The second-order valence-electron chi connectivity index (χ2n) is 12.5. The van der Waals surface area contributed by atoms with Crippen LogP contribution in [-0.4, -0.2) is 91.9 Å². The number of carboxylic acids is 1. The van der Waals surface area contributed by atoms with Crippen LogP contribution in [0.25, 0.3) is 0 Å². The first-order valence-electron chi connectivity index (χ1n) is 18.0. The zero-order valence-corrected chi connectivity index (χ0v) is 33.4. The Kier molecular flexibility index (Phi) is 33.3. The minimum atomic E-state index is -0.846. The van der Waals surface area contributed by atoms with E-state index in [2.05, 4.69) is 33.5 Å². The van der Waals surface area contributed by atoms with E-state index in [0.29, 0.717) is 37.5 Å². The first-order chi connectivity index (χ1) is 25.4. The van der Waals surface area contributed by atoms with Gasteiger partial charge in [-0.05, 0) is 36.5 Å². The van der Waals surface area contributed by atoms with Crippen molar-refractivity contribution in [2.75, 3.05) is 38.2 Å². The maximum absolute atomic E-state index is 12.3. The highest BCUT2D eigenvalue weighted by Crippen LogP contribution is 2.11. The number of amides is 6. The number of ether oxygens (including phenoxy) is 2. The summed E-state index contributed by atoms with van der Waals surface area (Å²) in [6, 6.07) is 5.48. The number of carbonyl (C=O) groups excluding carboxylic acids is 7. The number of rotatable bonds is 21. The Balaban J connectivity index is -0.000000913. The number of carboxylic acid groups (broad SMARTS) is 1. The molecule has 0 bridgehead atoms. The summed E-state index contributed by atoms with van der Waals surface area (Å²) in [7, 11) is 0. The molecule has 6 amide bonds. The molecule has 8 N–H and O–H groups in total. The van der Waals surface area contributed by atoms with Crippen LogP contribution in [-0.2, 0) is 49.6 Å². The highest BCUT2D eigenvalue weighted by molar-refractivity contribution is 5.96. The zero-order chi connectivity index (χ0) is 42.1. The lowest BCUT2D eigenvalue weighted by Crippen LogP contribution is -2.52. The predicted octanol–water partition coefficient (Wildman–Crippen LogP) is 2.90. The quantitative estimate of drug-likeness (QED) is 0.0543. The van der Waals surface area contributed by atoms with Gasteiger partial charge in [0.25, 0.3) is 0 Å². The van der Waals surface area contributed by atoms with E-state index in [1.165, 1.54) is 0 Å². The third kappa shape index (κ3) is 32.8. The number of anilines is 1. The third-order valence-electron chi connectivity index (χ3n) is 6.46. The van der Waals surface area contributed by atoms with Gasteiger partial charge in [-0.2, -0.15) is 0 Å². The molecule has 1 unspecified atom stereocenters. The zero-order valence-electron chi connectivity index (χ0n) is 33.4. The number of nitrogens with two attached hydrogens (primary N) is 1. The van der Waals surface area contributed by atoms with E-state index >= 15 is 0 Å². The lowest BCUT2D eigenvalue weighted by molar-refractivity contribution is -0.148. The fraction of sp³-hybridized carbons (Fsp3) is 0.622. The Hall–Kier alpha value is -5.06. The van der Waals surface area contributed by atoms with Gasteiger partial charge in [-0.1, -0.05) is 74.4 Å². The van der Waals surface area contributed by atoms with E-state index in [4.69, 9.17) is 20.3 Å². The van der Waals surface area contributed by atoms with Gasteiger partial charge in [-0.3, -0.25) is 33.6 Å². The van der Waals surface area contributed by atoms with Gasteiger partial charge in [0.2, 0.25) is 24.1 Å². The van der Waals surface area contributed by atoms with Crippen molar-refractivity contribution in [2.45, 2.75) is 101 Å². The van der Waals surface area contributed by atoms with Crippen LogP contribution < -0.4 is 32.3 Å².